The molecule has 0 fully saturated rings. The molecular weight excluding hydrogens is 334 g/mol. The molecule has 21 heavy (non-hydrogen) atoms. The molecule has 0 aliphatic rings. The number of ether oxygens (including phenoxy) is 1. The van der Waals surface area contributed by atoms with Gasteiger partial charge < -0.3 is 10.1 Å². The topological polar surface area (TPSA) is 64.1 Å². The van der Waals surface area contributed by atoms with Gasteiger partial charge >= 0.3 is 0 Å². The molecule has 0 atom stereocenters. The van der Waals surface area contributed by atoms with Gasteiger partial charge in [-0.15, -0.1) is 10.2 Å². The minimum Gasteiger partial charge on any atom is -0.437 e. The van der Waals surface area contributed by atoms with Crippen LogP contribution in [-0.4, -0.2) is 23.2 Å². The van der Waals surface area contributed by atoms with Gasteiger partial charge in [-0.2, -0.15) is 0 Å². The maximum Gasteiger partial charge on any atom is 0.271 e. The Morgan fingerprint density at radius 2 is 2.00 bits per heavy atom. The molecule has 1 aromatic heterocycles. The van der Waals surface area contributed by atoms with E-state index in [1.807, 2.05) is 18.2 Å². The van der Waals surface area contributed by atoms with Crippen LogP contribution in [-0.2, 0) is 0 Å². The lowest BCUT2D eigenvalue weighted by molar-refractivity contribution is 0.0957. The number of hydrogen-bond acceptors (Lipinski definition) is 4. The van der Waals surface area contributed by atoms with Crippen molar-refractivity contribution in [3.8, 4) is 11.6 Å². The quantitative estimate of drug-likeness (QED) is 0.917. The fourth-order valence-corrected chi connectivity index (χ4v) is 2.18. The molecule has 0 aliphatic carbocycles. The number of rotatable bonds is 4. The molecule has 0 unspecified atom stereocenters. The average molecular weight is 350 g/mol. The Kier molecular flexibility index (Phi) is 4.90. The summed E-state index contributed by atoms with van der Waals surface area (Å²) in [5, 5.41) is 10.3. The molecule has 0 aliphatic heterocycles. The van der Waals surface area contributed by atoms with Gasteiger partial charge in [0.1, 0.15) is 5.75 Å². The Morgan fingerprint density at radius 1 is 1.24 bits per heavy atom. The lowest BCUT2D eigenvalue weighted by atomic mass is 10.0. The Morgan fingerprint density at radius 3 is 2.57 bits per heavy atom. The van der Waals surface area contributed by atoms with Gasteiger partial charge in [0.05, 0.1) is 0 Å². The number of carbonyl (C=O) groups excluding carboxylic acids is 1. The van der Waals surface area contributed by atoms with Crippen LogP contribution in [0, 0.1) is 0 Å². The summed E-state index contributed by atoms with van der Waals surface area (Å²) in [6.07, 6.45) is 0. The SMILES string of the molecule is CNC(=O)c1ccc(Oc2ccc(Br)cc2C(C)C)nn1. The van der Waals surface area contributed by atoms with Crippen molar-refractivity contribution >= 4 is 21.8 Å². The van der Waals surface area contributed by atoms with Gasteiger partial charge in [0.25, 0.3) is 5.91 Å². The Balaban J connectivity index is 2.24. The summed E-state index contributed by atoms with van der Waals surface area (Å²) in [4.78, 5) is 11.4. The smallest absolute Gasteiger partial charge is 0.271 e. The summed E-state index contributed by atoms with van der Waals surface area (Å²) in [6, 6.07) is 9.02. The van der Waals surface area contributed by atoms with Crippen LogP contribution in [0.4, 0.5) is 0 Å². The second-order valence-corrected chi connectivity index (χ2v) is 5.69. The van der Waals surface area contributed by atoms with Crippen LogP contribution in [0.15, 0.2) is 34.8 Å². The van der Waals surface area contributed by atoms with Gasteiger partial charge in [-0.3, -0.25) is 4.79 Å². The van der Waals surface area contributed by atoms with Crippen LogP contribution >= 0.6 is 15.9 Å². The van der Waals surface area contributed by atoms with Crippen LogP contribution in [0.1, 0.15) is 35.8 Å². The normalized spacial score (nSPS) is 10.5. The molecule has 0 saturated heterocycles. The van der Waals surface area contributed by atoms with Gasteiger partial charge in [0, 0.05) is 17.6 Å². The number of amides is 1. The first kappa shape index (κ1) is 15.4. The minimum absolute atomic E-state index is 0.254. The maximum atomic E-state index is 11.4. The molecule has 0 saturated carbocycles. The van der Waals surface area contributed by atoms with Crippen molar-refractivity contribution in [1.82, 2.24) is 15.5 Å². The van der Waals surface area contributed by atoms with E-state index in [9.17, 15) is 4.79 Å². The van der Waals surface area contributed by atoms with Crippen molar-refractivity contribution < 1.29 is 9.53 Å². The number of benzene rings is 1. The third-order valence-electron chi connectivity index (χ3n) is 2.91. The van der Waals surface area contributed by atoms with Gasteiger partial charge in [-0.25, -0.2) is 0 Å². The van der Waals surface area contributed by atoms with E-state index in [1.165, 1.54) is 0 Å². The highest BCUT2D eigenvalue weighted by atomic mass is 79.9. The zero-order valence-corrected chi connectivity index (χ0v) is 13.6. The molecule has 2 aromatic rings. The zero-order chi connectivity index (χ0) is 15.4. The lowest BCUT2D eigenvalue weighted by Crippen LogP contribution is -2.19. The molecule has 6 heteroatoms. The first-order valence-electron chi connectivity index (χ1n) is 6.54. The fraction of sp³-hybridized carbons (Fsp3) is 0.267. The van der Waals surface area contributed by atoms with Gasteiger partial charge in [0.2, 0.25) is 5.88 Å². The van der Waals surface area contributed by atoms with Crippen molar-refractivity contribution in [2.75, 3.05) is 7.05 Å². The Labute approximate surface area is 131 Å². The summed E-state index contributed by atoms with van der Waals surface area (Å²) in [5.74, 6) is 1.12. The third kappa shape index (κ3) is 3.78. The monoisotopic (exact) mass is 349 g/mol. The maximum absolute atomic E-state index is 11.4. The summed E-state index contributed by atoms with van der Waals surface area (Å²) in [6.45, 7) is 4.18. The van der Waals surface area contributed by atoms with Crippen molar-refractivity contribution in [3.63, 3.8) is 0 Å². The lowest BCUT2D eigenvalue weighted by Gasteiger charge is -2.13. The van der Waals surface area contributed by atoms with E-state index in [4.69, 9.17) is 4.74 Å². The summed E-state index contributed by atoms with van der Waals surface area (Å²) >= 11 is 3.46. The molecule has 110 valence electrons. The molecular formula is C15H16BrN3O2. The molecule has 0 radical (unpaired) electrons. The van der Waals surface area contributed by atoms with E-state index in [0.717, 1.165) is 15.8 Å². The standard InChI is InChI=1S/C15H16BrN3O2/c1-9(2)11-8-10(16)4-6-13(11)21-14-7-5-12(18-19-14)15(20)17-3/h4-9H,1-3H3,(H,17,20). The third-order valence-corrected chi connectivity index (χ3v) is 3.40. The molecule has 0 spiro atoms. The number of aromatic nitrogens is 2. The molecule has 0 bridgehead atoms. The zero-order valence-electron chi connectivity index (χ0n) is 12.1. The van der Waals surface area contributed by atoms with E-state index >= 15 is 0 Å². The van der Waals surface area contributed by atoms with Crippen LogP contribution in [0.2, 0.25) is 0 Å². The highest BCUT2D eigenvalue weighted by molar-refractivity contribution is 9.10. The largest absolute Gasteiger partial charge is 0.437 e. The predicted octanol–water partition coefficient (Wildman–Crippen LogP) is 3.51. The van der Waals surface area contributed by atoms with E-state index in [2.05, 4.69) is 45.3 Å². The molecule has 1 heterocycles. The predicted molar refractivity (Wildman–Crippen MR) is 83.7 cm³/mol. The number of hydrogen-bond donors (Lipinski definition) is 1. The van der Waals surface area contributed by atoms with Crippen molar-refractivity contribution in [2.24, 2.45) is 0 Å². The van der Waals surface area contributed by atoms with E-state index in [-0.39, 0.29) is 11.6 Å². The van der Waals surface area contributed by atoms with Gasteiger partial charge in [0.15, 0.2) is 5.69 Å². The van der Waals surface area contributed by atoms with Gasteiger partial charge in [-0.05, 0) is 35.7 Å². The summed E-state index contributed by atoms with van der Waals surface area (Å²) in [7, 11) is 1.55. The first-order chi connectivity index (χ1) is 10.0. The number of nitrogens with one attached hydrogen (secondary N) is 1. The van der Waals surface area contributed by atoms with Crippen LogP contribution in [0.25, 0.3) is 0 Å². The molecule has 2 rings (SSSR count). The van der Waals surface area contributed by atoms with Crippen LogP contribution < -0.4 is 10.1 Å². The number of halogens is 1. The molecule has 1 aromatic carbocycles. The molecule has 5 nitrogen and oxygen atoms in total. The second kappa shape index (κ2) is 6.67. The van der Waals surface area contributed by atoms with Crippen LogP contribution in [0.5, 0.6) is 11.6 Å². The first-order valence-corrected chi connectivity index (χ1v) is 7.33. The number of carbonyl (C=O) groups is 1. The minimum atomic E-state index is -0.277. The van der Waals surface area contributed by atoms with Crippen LogP contribution in [0.3, 0.4) is 0 Å². The summed E-state index contributed by atoms with van der Waals surface area (Å²) in [5.41, 5.74) is 1.33. The number of nitrogens with zero attached hydrogens (tertiary/aromatic N) is 2. The highest BCUT2D eigenvalue weighted by Gasteiger charge is 2.11. The second-order valence-electron chi connectivity index (χ2n) is 4.77. The molecule has 1 N–H and O–H groups in total. The summed E-state index contributed by atoms with van der Waals surface area (Å²) < 4.78 is 6.77. The van der Waals surface area contributed by atoms with E-state index in [1.54, 1.807) is 19.2 Å². The molecule has 1 amide bonds. The van der Waals surface area contributed by atoms with Crippen molar-refractivity contribution in [2.45, 2.75) is 19.8 Å². The van der Waals surface area contributed by atoms with E-state index in [0.29, 0.717) is 11.8 Å². The van der Waals surface area contributed by atoms with Gasteiger partial charge in [-0.1, -0.05) is 29.8 Å². The van der Waals surface area contributed by atoms with Crippen molar-refractivity contribution in [3.05, 3.63) is 46.1 Å². The highest BCUT2D eigenvalue weighted by Crippen LogP contribution is 2.32. The average Bonchev–Trinajstić information content (AvgIpc) is 2.49. The fourth-order valence-electron chi connectivity index (χ4n) is 1.80. The Bertz CT molecular complexity index is 642. The van der Waals surface area contributed by atoms with Crippen molar-refractivity contribution in [1.29, 1.82) is 0 Å². The van der Waals surface area contributed by atoms with E-state index < -0.39 is 0 Å². The Hall–Kier alpha value is -1.95.